The Morgan fingerprint density at radius 2 is 1.18 bits per heavy atom. The minimum absolute atomic E-state index is 0.157. The van der Waals surface area contributed by atoms with Crippen molar-refractivity contribution < 1.29 is 9.59 Å². The Labute approximate surface area is 224 Å². The molecule has 0 aromatic heterocycles. The predicted molar refractivity (Wildman–Crippen MR) is 153 cm³/mol. The van der Waals surface area contributed by atoms with Gasteiger partial charge in [0.2, 0.25) is 5.91 Å². The molecule has 1 amide bonds. The third-order valence-corrected chi connectivity index (χ3v) is 7.01. The summed E-state index contributed by atoms with van der Waals surface area (Å²) in [4.78, 5) is 28.0. The molecule has 0 spiro atoms. The molecule has 0 aliphatic rings. The number of nitrogens with two attached hydrogens (primary N) is 2. The minimum atomic E-state index is -1.74. The number of carbonyl (C=O) groups is 2. The molecule has 194 valence electrons. The molecule has 0 saturated heterocycles. The molecule has 5 heteroatoms. The first-order chi connectivity index (χ1) is 18.4. The third-order valence-electron chi connectivity index (χ3n) is 7.01. The van der Waals surface area contributed by atoms with Crippen molar-refractivity contribution >= 4 is 11.7 Å². The SMILES string of the molecule is C[C@H](NC(=O)[C@@](N)(CCCN)C(=O)C(c1ccccc1)c1ccccc1)c1ccc(-c2ccccc2)cc1. The van der Waals surface area contributed by atoms with Crippen LogP contribution in [0, 0.1) is 0 Å². The largest absolute Gasteiger partial charge is 0.348 e. The molecule has 5 N–H and O–H groups in total. The summed E-state index contributed by atoms with van der Waals surface area (Å²) in [6, 6.07) is 36.7. The number of Topliss-reactive ketones (excluding diaryl/α,β-unsaturated/α-hetero) is 1. The summed E-state index contributed by atoms with van der Waals surface area (Å²) >= 11 is 0. The van der Waals surface area contributed by atoms with Crippen LogP contribution in [0.3, 0.4) is 0 Å². The molecule has 5 nitrogen and oxygen atoms in total. The number of benzene rings is 4. The monoisotopic (exact) mass is 505 g/mol. The Bertz CT molecular complexity index is 1290. The van der Waals surface area contributed by atoms with Gasteiger partial charge in [-0.3, -0.25) is 9.59 Å². The Kier molecular flexibility index (Phi) is 8.85. The average Bonchev–Trinajstić information content (AvgIpc) is 2.97. The van der Waals surface area contributed by atoms with Crippen LogP contribution in [0.2, 0.25) is 0 Å². The normalized spacial score (nSPS) is 13.5. The van der Waals surface area contributed by atoms with Crippen molar-refractivity contribution in [3.63, 3.8) is 0 Å². The maximum Gasteiger partial charge on any atom is 0.248 e. The van der Waals surface area contributed by atoms with Gasteiger partial charge >= 0.3 is 0 Å². The van der Waals surface area contributed by atoms with E-state index in [4.69, 9.17) is 11.5 Å². The number of carbonyl (C=O) groups excluding carboxylic acids is 2. The van der Waals surface area contributed by atoms with Crippen LogP contribution < -0.4 is 16.8 Å². The van der Waals surface area contributed by atoms with Crippen molar-refractivity contribution in [1.29, 1.82) is 0 Å². The molecule has 0 radical (unpaired) electrons. The zero-order valence-electron chi connectivity index (χ0n) is 21.7. The van der Waals surface area contributed by atoms with E-state index in [0.29, 0.717) is 13.0 Å². The van der Waals surface area contributed by atoms with E-state index in [9.17, 15) is 9.59 Å². The van der Waals surface area contributed by atoms with Gasteiger partial charge in [-0.1, -0.05) is 115 Å². The summed E-state index contributed by atoms with van der Waals surface area (Å²) in [5.74, 6) is -1.51. The first-order valence-electron chi connectivity index (χ1n) is 13.0. The first kappa shape index (κ1) is 27.0. The van der Waals surface area contributed by atoms with E-state index < -0.39 is 17.4 Å². The summed E-state index contributed by atoms with van der Waals surface area (Å²) < 4.78 is 0. The highest BCUT2D eigenvalue weighted by Crippen LogP contribution is 2.31. The zero-order valence-corrected chi connectivity index (χ0v) is 21.7. The first-order valence-corrected chi connectivity index (χ1v) is 13.0. The van der Waals surface area contributed by atoms with Crippen LogP contribution in [-0.2, 0) is 9.59 Å². The van der Waals surface area contributed by atoms with E-state index in [2.05, 4.69) is 17.4 Å². The van der Waals surface area contributed by atoms with Crippen LogP contribution in [-0.4, -0.2) is 23.8 Å². The summed E-state index contributed by atoms with van der Waals surface area (Å²) in [6.07, 6.45) is 0.607. The highest BCUT2D eigenvalue weighted by atomic mass is 16.2. The molecule has 38 heavy (non-hydrogen) atoms. The second-order valence-corrected chi connectivity index (χ2v) is 9.67. The van der Waals surface area contributed by atoms with E-state index in [1.54, 1.807) is 0 Å². The van der Waals surface area contributed by atoms with Crippen molar-refractivity contribution in [2.24, 2.45) is 11.5 Å². The molecule has 4 rings (SSSR count). The van der Waals surface area contributed by atoms with Gasteiger partial charge in [0.1, 0.15) is 0 Å². The maximum atomic E-state index is 14.2. The fourth-order valence-electron chi connectivity index (χ4n) is 4.78. The van der Waals surface area contributed by atoms with E-state index >= 15 is 0 Å². The van der Waals surface area contributed by atoms with Gasteiger partial charge in [-0.05, 0) is 54.1 Å². The summed E-state index contributed by atoms with van der Waals surface area (Å²) in [7, 11) is 0. The molecule has 0 bridgehead atoms. The molecule has 0 aliphatic heterocycles. The van der Waals surface area contributed by atoms with Gasteiger partial charge in [-0.2, -0.15) is 0 Å². The lowest BCUT2D eigenvalue weighted by Gasteiger charge is -2.32. The Balaban J connectivity index is 1.60. The van der Waals surface area contributed by atoms with Crippen LogP contribution >= 0.6 is 0 Å². The van der Waals surface area contributed by atoms with Gasteiger partial charge in [0.05, 0.1) is 12.0 Å². The fourth-order valence-corrected chi connectivity index (χ4v) is 4.78. The number of rotatable bonds is 11. The van der Waals surface area contributed by atoms with Gasteiger partial charge < -0.3 is 16.8 Å². The highest BCUT2D eigenvalue weighted by molar-refractivity contribution is 6.14. The van der Waals surface area contributed by atoms with Crippen molar-refractivity contribution in [3.05, 3.63) is 132 Å². The molecule has 0 fully saturated rings. The number of ketones is 1. The summed E-state index contributed by atoms with van der Waals surface area (Å²) in [5, 5.41) is 3.02. The van der Waals surface area contributed by atoms with Crippen LogP contribution in [0.15, 0.2) is 115 Å². The molecular formula is C33H35N3O2. The van der Waals surface area contributed by atoms with E-state index in [0.717, 1.165) is 27.8 Å². The second-order valence-electron chi connectivity index (χ2n) is 9.67. The smallest absolute Gasteiger partial charge is 0.248 e. The number of amides is 1. The van der Waals surface area contributed by atoms with Gasteiger partial charge in [0.15, 0.2) is 11.3 Å². The van der Waals surface area contributed by atoms with E-state index in [1.807, 2.05) is 110 Å². The maximum absolute atomic E-state index is 14.2. The Morgan fingerprint density at radius 3 is 1.68 bits per heavy atom. The fraction of sp³-hybridized carbons (Fsp3) is 0.212. The Hall–Kier alpha value is -4.06. The topological polar surface area (TPSA) is 98.2 Å². The molecule has 0 unspecified atom stereocenters. The Morgan fingerprint density at radius 1 is 0.711 bits per heavy atom. The molecule has 4 aromatic carbocycles. The van der Waals surface area contributed by atoms with E-state index in [-0.39, 0.29) is 18.2 Å². The number of nitrogens with one attached hydrogen (secondary N) is 1. The van der Waals surface area contributed by atoms with Gasteiger partial charge in [0.25, 0.3) is 0 Å². The molecule has 2 atom stereocenters. The minimum Gasteiger partial charge on any atom is -0.348 e. The summed E-state index contributed by atoms with van der Waals surface area (Å²) in [6.45, 7) is 2.23. The highest BCUT2D eigenvalue weighted by Gasteiger charge is 2.45. The van der Waals surface area contributed by atoms with Crippen molar-refractivity contribution in [2.45, 2.75) is 37.3 Å². The number of hydrogen-bond donors (Lipinski definition) is 3. The van der Waals surface area contributed by atoms with E-state index in [1.165, 1.54) is 0 Å². The molecule has 4 aromatic rings. The molecule has 0 saturated carbocycles. The number of hydrogen-bond acceptors (Lipinski definition) is 4. The quantitative estimate of drug-likeness (QED) is 0.239. The predicted octanol–water partition coefficient (Wildman–Crippen LogP) is 5.37. The van der Waals surface area contributed by atoms with Crippen molar-refractivity contribution in [2.75, 3.05) is 6.54 Å². The molecule has 0 heterocycles. The van der Waals surface area contributed by atoms with Gasteiger partial charge in [-0.15, -0.1) is 0 Å². The van der Waals surface area contributed by atoms with Gasteiger partial charge in [-0.25, -0.2) is 0 Å². The van der Waals surface area contributed by atoms with Crippen LogP contribution in [0.4, 0.5) is 0 Å². The second kappa shape index (κ2) is 12.5. The van der Waals surface area contributed by atoms with Crippen molar-refractivity contribution in [1.82, 2.24) is 5.32 Å². The lowest BCUT2D eigenvalue weighted by Crippen LogP contribution is -2.61. The van der Waals surface area contributed by atoms with Gasteiger partial charge in [0, 0.05) is 0 Å². The standard InChI is InChI=1S/C33H35N3O2/c1-24(25-18-20-27(21-19-25)26-12-5-2-6-13-26)36-32(38)33(35,22-11-23-34)31(37)30(28-14-7-3-8-15-28)29-16-9-4-10-17-29/h2-10,12-21,24,30H,11,22-23,34-35H2,1H3,(H,36,38)/t24-,33+/m0/s1. The third kappa shape index (κ3) is 6.08. The average molecular weight is 506 g/mol. The molecule has 0 aliphatic carbocycles. The lowest BCUT2D eigenvalue weighted by molar-refractivity contribution is -0.137. The molecular weight excluding hydrogens is 470 g/mol. The zero-order chi connectivity index (χ0) is 27.0. The van der Waals surface area contributed by atoms with Crippen molar-refractivity contribution in [3.8, 4) is 11.1 Å². The van der Waals surface area contributed by atoms with Crippen LogP contribution in [0.1, 0.15) is 48.4 Å². The lowest BCUT2D eigenvalue weighted by atomic mass is 9.76. The van der Waals surface area contributed by atoms with Crippen LogP contribution in [0.25, 0.3) is 11.1 Å². The van der Waals surface area contributed by atoms with Crippen LogP contribution in [0.5, 0.6) is 0 Å². The summed E-state index contributed by atoms with van der Waals surface area (Å²) in [5.41, 5.74) is 15.5.